The van der Waals surface area contributed by atoms with Crippen LogP contribution in [0.1, 0.15) is 44.2 Å². The molecule has 4 atom stereocenters. The summed E-state index contributed by atoms with van der Waals surface area (Å²) in [6.07, 6.45) is 0.578. The smallest absolute Gasteiger partial charge is 0.237 e. The molecule has 0 radical (unpaired) electrons. The number of anilines is 1. The third kappa shape index (κ3) is 3.49. The first-order chi connectivity index (χ1) is 15.0. The van der Waals surface area contributed by atoms with Gasteiger partial charge in [-0.2, -0.15) is 0 Å². The molecule has 1 fully saturated rings. The topological polar surface area (TPSA) is 70.2 Å². The highest BCUT2D eigenvalue weighted by molar-refractivity contribution is 6.31. The first-order valence-corrected chi connectivity index (χ1v) is 11.3. The average molecular weight is 478 g/mol. The number of rotatable bonds is 3. The molecule has 2 amide bonds. The number of amides is 2. The van der Waals surface area contributed by atoms with E-state index in [9.17, 15) is 9.59 Å². The zero-order valence-electron chi connectivity index (χ0n) is 18.4. The summed E-state index contributed by atoms with van der Waals surface area (Å²) in [7, 11) is 1.53. The Balaban J connectivity index is 2.04. The normalized spacial score (nSPS) is 26.8. The van der Waals surface area contributed by atoms with Crippen LogP contribution < -0.4 is 16.0 Å². The lowest BCUT2D eigenvalue weighted by molar-refractivity contribution is -0.123. The van der Waals surface area contributed by atoms with E-state index < -0.39 is 29.2 Å². The summed E-state index contributed by atoms with van der Waals surface area (Å²) < 4.78 is 15.4. The van der Waals surface area contributed by atoms with Crippen molar-refractivity contribution in [1.29, 1.82) is 0 Å². The Labute approximate surface area is 197 Å². The molecule has 2 aliphatic heterocycles. The number of halogens is 3. The summed E-state index contributed by atoms with van der Waals surface area (Å²) in [6.45, 7) is 6.21. The number of hydrogen-bond acceptors (Lipinski definition) is 3. The van der Waals surface area contributed by atoms with Crippen molar-refractivity contribution >= 4 is 40.7 Å². The number of hydrogen-bond donors (Lipinski definition) is 3. The summed E-state index contributed by atoms with van der Waals surface area (Å²) >= 11 is 12.3. The molecule has 0 aromatic heterocycles. The van der Waals surface area contributed by atoms with E-state index in [1.54, 1.807) is 30.3 Å². The van der Waals surface area contributed by atoms with Crippen molar-refractivity contribution in [2.24, 2.45) is 5.41 Å². The molecule has 0 bridgehead atoms. The average Bonchev–Trinajstić information content (AvgIpc) is 3.18. The highest BCUT2D eigenvalue weighted by Gasteiger charge is 2.66. The van der Waals surface area contributed by atoms with Gasteiger partial charge in [0, 0.05) is 29.7 Å². The Morgan fingerprint density at radius 1 is 1.22 bits per heavy atom. The van der Waals surface area contributed by atoms with Gasteiger partial charge in [0.15, 0.2) is 0 Å². The van der Waals surface area contributed by atoms with Crippen LogP contribution in [0, 0.1) is 11.2 Å². The van der Waals surface area contributed by atoms with Gasteiger partial charge >= 0.3 is 0 Å². The number of likely N-dealkylation sites (N-methyl/N-ethyl adjacent to an activating group) is 1. The van der Waals surface area contributed by atoms with Crippen molar-refractivity contribution in [3.63, 3.8) is 0 Å². The van der Waals surface area contributed by atoms with Gasteiger partial charge < -0.3 is 16.0 Å². The first kappa shape index (κ1) is 23.0. The summed E-state index contributed by atoms with van der Waals surface area (Å²) in [5.74, 6) is -2.05. The second kappa shape index (κ2) is 8.01. The van der Waals surface area contributed by atoms with Gasteiger partial charge in [-0.3, -0.25) is 9.59 Å². The summed E-state index contributed by atoms with van der Waals surface area (Å²) in [6, 6.07) is 8.64. The van der Waals surface area contributed by atoms with Crippen LogP contribution in [0.4, 0.5) is 10.1 Å². The minimum atomic E-state index is -1.23. The van der Waals surface area contributed by atoms with Crippen molar-refractivity contribution in [3.05, 3.63) is 63.4 Å². The van der Waals surface area contributed by atoms with Gasteiger partial charge in [-0.1, -0.05) is 62.2 Å². The molecule has 2 aromatic rings. The van der Waals surface area contributed by atoms with Gasteiger partial charge in [-0.05, 0) is 41.2 Å². The van der Waals surface area contributed by atoms with E-state index in [0.29, 0.717) is 22.7 Å². The van der Waals surface area contributed by atoms with E-state index in [1.807, 2.05) is 0 Å². The molecule has 1 saturated heterocycles. The van der Waals surface area contributed by atoms with Crippen LogP contribution in [0.5, 0.6) is 0 Å². The third-order valence-electron chi connectivity index (χ3n) is 6.47. The van der Waals surface area contributed by atoms with E-state index >= 15 is 4.39 Å². The summed E-state index contributed by atoms with van der Waals surface area (Å²) in [4.78, 5) is 26.9. The number of benzene rings is 2. The molecule has 0 saturated carbocycles. The number of nitrogens with one attached hydrogen (secondary N) is 3. The van der Waals surface area contributed by atoms with Crippen LogP contribution >= 0.6 is 23.2 Å². The molecule has 8 heteroatoms. The maximum Gasteiger partial charge on any atom is 0.237 e. The van der Waals surface area contributed by atoms with E-state index in [2.05, 4.69) is 36.7 Å². The molecule has 1 spiro atoms. The largest absolute Gasteiger partial charge is 0.358 e. The van der Waals surface area contributed by atoms with Crippen LogP contribution in [0.25, 0.3) is 0 Å². The molecule has 5 nitrogen and oxygen atoms in total. The van der Waals surface area contributed by atoms with Gasteiger partial charge in [-0.15, -0.1) is 0 Å². The molecule has 170 valence electrons. The van der Waals surface area contributed by atoms with Crippen LogP contribution in [0.15, 0.2) is 36.4 Å². The molecule has 2 aromatic carbocycles. The number of carbonyl (C=O) groups excluding carboxylic acids is 2. The van der Waals surface area contributed by atoms with Gasteiger partial charge in [0.05, 0.1) is 11.1 Å². The fourth-order valence-corrected chi connectivity index (χ4v) is 5.66. The third-order valence-corrected chi connectivity index (χ3v) is 6.99. The molecule has 32 heavy (non-hydrogen) atoms. The van der Waals surface area contributed by atoms with Gasteiger partial charge in [-0.25, -0.2) is 4.39 Å². The highest BCUT2D eigenvalue weighted by Crippen LogP contribution is 2.57. The molecule has 2 heterocycles. The number of carbonyl (C=O) groups is 2. The molecule has 2 aliphatic rings. The van der Waals surface area contributed by atoms with Gasteiger partial charge in [0.2, 0.25) is 11.8 Å². The van der Waals surface area contributed by atoms with Crippen LogP contribution in [-0.2, 0) is 15.0 Å². The quantitative estimate of drug-likeness (QED) is 0.603. The Bertz CT molecular complexity index is 1100. The Morgan fingerprint density at radius 2 is 1.94 bits per heavy atom. The van der Waals surface area contributed by atoms with Crippen molar-refractivity contribution in [1.82, 2.24) is 10.6 Å². The monoisotopic (exact) mass is 477 g/mol. The lowest BCUT2D eigenvalue weighted by atomic mass is 9.62. The van der Waals surface area contributed by atoms with Crippen molar-refractivity contribution in [2.75, 3.05) is 12.4 Å². The van der Waals surface area contributed by atoms with Crippen LogP contribution in [0.2, 0.25) is 10.0 Å². The number of fused-ring (bicyclic) bond motifs is 2. The van der Waals surface area contributed by atoms with E-state index in [4.69, 9.17) is 23.2 Å². The van der Waals surface area contributed by atoms with Gasteiger partial charge in [0.1, 0.15) is 11.2 Å². The zero-order valence-corrected chi connectivity index (χ0v) is 19.9. The summed E-state index contributed by atoms with van der Waals surface area (Å²) in [5, 5.41) is 9.44. The fourth-order valence-electron chi connectivity index (χ4n) is 5.31. The zero-order chi connectivity index (χ0) is 23.4. The van der Waals surface area contributed by atoms with E-state index in [0.717, 1.165) is 0 Å². The van der Waals surface area contributed by atoms with Crippen molar-refractivity contribution < 1.29 is 14.0 Å². The maximum atomic E-state index is 15.4. The minimum absolute atomic E-state index is 0.0534. The van der Waals surface area contributed by atoms with E-state index in [1.165, 1.54) is 13.1 Å². The second-order valence-corrected chi connectivity index (χ2v) is 10.6. The molecule has 4 rings (SSSR count). The molecular formula is C24H26Cl2FN3O2. The van der Waals surface area contributed by atoms with Gasteiger partial charge in [0.25, 0.3) is 0 Å². The molecule has 3 N–H and O–H groups in total. The fraction of sp³-hybridized carbons (Fsp3) is 0.417. The SMILES string of the molecule is CNC(=O)[C@@H]1N[C@@H](CC(C)(C)C)[C@@]2(C(=O)Nc3cc(Cl)ccc32)[C@H]1c1cccc(Cl)c1F. The van der Waals surface area contributed by atoms with Crippen LogP contribution in [-0.4, -0.2) is 30.9 Å². The first-order valence-electron chi connectivity index (χ1n) is 10.5. The van der Waals surface area contributed by atoms with Crippen molar-refractivity contribution in [2.45, 2.75) is 50.6 Å². The summed E-state index contributed by atoms with van der Waals surface area (Å²) in [5.41, 5.74) is 0.107. The standard InChI is InChI=1S/C24H26Cl2FN3O2/c1-23(2,3)11-17-24(14-9-8-12(25)10-16(14)29-22(24)32)18(20(30-17)21(31)28-4)13-6-5-7-15(26)19(13)27/h5-10,17-18,20,30H,11H2,1-4H3,(H,28,31)(H,29,32)/t17-,18-,20+,24+/m0/s1. The predicted octanol–water partition coefficient (Wildman–Crippen LogP) is 4.63. The Morgan fingerprint density at radius 3 is 2.59 bits per heavy atom. The predicted molar refractivity (Wildman–Crippen MR) is 125 cm³/mol. The highest BCUT2D eigenvalue weighted by atomic mass is 35.5. The molecule has 0 aliphatic carbocycles. The van der Waals surface area contributed by atoms with E-state index in [-0.39, 0.29) is 27.8 Å². The second-order valence-electron chi connectivity index (χ2n) is 9.71. The van der Waals surface area contributed by atoms with Crippen molar-refractivity contribution in [3.8, 4) is 0 Å². The Kier molecular flexibility index (Phi) is 5.76. The molecular weight excluding hydrogens is 452 g/mol. The van der Waals surface area contributed by atoms with Crippen LogP contribution in [0.3, 0.4) is 0 Å². The lowest BCUT2D eigenvalue weighted by Crippen LogP contribution is -2.49. The lowest BCUT2D eigenvalue weighted by Gasteiger charge is -2.37. The maximum absolute atomic E-state index is 15.4. The minimum Gasteiger partial charge on any atom is -0.358 e. The Hall–Kier alpha value is -2.15. The molecule has 0 unspecified atom stereocenters.